The van der Waals surface area contributed by atoms with Crippen molar-refractivity contribution in [3.63, 3.8) is 0 Å². The van der Waals surface area contributed by atoms with Gasteiger partial charge in [0.25, 0.3) is 0 Å². The summed E-state index contributed by atoms with van der Waals surface area (Å²) in [7, 11) is -3.91. The molecule has 0 spiro atoms. The highest BCUT2D eigenvalue weighted by Gasteiger charge is 2.32. The predicted octanol–water partition coefficient (Wildman–Crippen LogP) is 3.81. The van der Waals surface area contributed by atoms with Gasteiger partial charge < -0.3 is 10.2 Å². The lowest BCUT2D eigenvalue weighted by Crippen LogP contribution is -2.47. The van der Waals surface area contributed by atoms with E-state index in [0.717, 1.165) is 34.3 Å². The molecule has 0 radical (unpaired) electrons. The second-order valence-corrected chi connectivity index (χ2v) is 9.97. The van der Waals surface area contributed by atoms with E-state index in [0.29, 0.717) is 6.54 Å². The molecule has 1 unspecified atom stereocenters. The molecule has 0 aromatic heterocycles. The Balaban J connectivity index is 2.18. The van der Waals surface area contributed by atoms with Gasteiger partial charge in [-0.2, -0.15) is 13.2 Å². The third-order valence-electron chi connectivity index (χ3n) is 5.33. The zero-order valence-corrected chi connectivity index (χ0v) is 20.7. The van der Waals surface area contributed by atoms with Crippen LogP contribution in [0.15, 0.2) is 54.6 Å². The lowest BCUT2D eigenvalue weighted by molar-refractivity contribution is -0.140. The molecule has 2 amide bonds. The summed E-state index contributed by atoms with van der Waals surface area (Å²) in [5, 5.41) is 2.69. The summed E-state index contributed by atoms with van der Waals surface area (Å²) < 4.78 is 64.8. The molecule has 0 saturated carbocycles. The molecule has 0 aliphatic carbocycles. The van der Waals surface area contributed by atoms with Gasteiger partial charge in [0.1, 0.15) is 6.04 Å². The van der Waals surface area contributed by atoms with Crippen LogP contribution >= 0.6 is 0 Å². The normalized spacial score (nSPS) is 12.6. The summed E-state index contributed by atoms with van der Waals surface area (Å²) in [6.07, 6.45) is -3.77. The van der Waals surface area contributed by atoms with Crippen LogP contribution in [0.5, 0.6) is 0 Å². The molecule has 192 valence electrons. The third-order valence-corrected chi connectivity index (χ3v) is 6.52. The van der Waals surface area contributed by atoms with Crippen molar-refractivity contribution in [3.8, 4) is 0 Å². The highest BCUT2D eigenvalue weighted by molar-refractivity contribution is 7.92. The van der Waals surface area contributed by atoms with Crippen molar-refractivity contribution < 1.29 is 31.2 Å². The van der Waals surface area contributed by atoms with Crippen LogP contribution in [0.3, 0.4) is 0 Å². The van der Waals surface area contributed by atoms with Gasteiger partial charge in [-0.15, -0.1) is 0 Å². The molecular formula is C24H30F3N3O4S. The minimum Gasteiger partial charge on any atom is -0.355 e. The maximum atomic E-state index is 13.1. The molecular weight excluding hydrogens is 483 g/mol. The topological polar surface area (TPSA) is 86.8 Å². The Bertz CT molecular complexity index is 1110. The first-order valence-electron chi connectivity index (χ1n) is 11.1. The van der Waals surface area contributed by atoms with Gasteiger partial charge in [-0.05, 0) is 44.0 Å². The maximum Gasteiger partial charge on any atom is 0.416 e. The highest BCUT2D eigenvalue weighted by atomic mass is 32.2. The summed E-state index contributed by atoms with van der Waals surface area (Å²) in [4.78, 5) is 26.9. The number of nitrogens with one attached hydrogen (secondary N) is 1. The zero-order chi connectivity index (χ0) is 26.2. The fraction of sp³-hybridized carbons (Fsp3) is 0.417. The predicted molar refractivity (Wildman–Crippen MR) is 128 cm³/mol. The molecule has 2 aromatic rings. The number of sulfonamides is 1. The Kier molecular flexibility index (Phi) is 9.70. The van der Waals surface area contributed by atoms with Crippen LogP contribution in [-0.2, 0) is 32.3 Å². The number of likely N-dealkylation sites (N-methyl/N-ethyl adjacent to an activating group) is 1. The van der Waals surface area contributed by atoms with Crippen LogP contribution in [0.4, 0.5) is 18.9 Å². The van der Waals surface area contributed by atoms with E-state index in [1.807, 2.05) is 30.3 Å². The maximum absolute atomic E-state index is 13.1. The molecule has 0 aliphatic heterocycles. The van der Waals surface area contributed by atoms with Crippen LogP contribution in [0.1, 0.15) is 37.8 Å². The average Bonchev–Trinajstić information content (AvgIpc) is 2.79. The van der Waals surface area contributed by atoms with Gasteiger partial charge in [-0.3, -0.25) is 13.9 Å². The van der Waals surface area contributed by atoms with E-state index in [1.165, 1.54) is 11.0 Å². The number of hydrogen-bond acceptors (Lipinski definition) is 4. The smallest absolute Gasteiger partial charge is 0.355 e. The number of nitrogens with zero attached hydrogens (tertiary/aromatic N) is 2. The lowest BCUT2D eigenvalue weighted by Gasteiger charge is -2.29. The number of rotatable bonds is 11. The second kappa shape index (κ2) is 12.1. The van der Waals surface area contributed by atoms with E-state index in [1.54, 1.807) is 13.8 Å². The van der Waals surface area contributed by atoms with Crippen LogP contribution in [0, 0.1) is 0 Å². The molecule has 1 atom stereocenters. The SMILES string of the molecule is CCNC(=O)C(C)N(Cc1ccccc1)C(=O)CCCN(c1cccc(C(F)(F)F)c1)S(C)(=O)=O. The molecule has 11 heteroatoms. The van der Waals surface area contributed by atoms with E-state index in [-0.39, 0.29) is 43.4 Å². The molecule has 7 nitrogen and oxygen atoms in total. The molecule has 0 bridgehead atoms. The number of carbonyl (C=O) groups excluding carboxylic acids is 2. The van der Waals surface area contributed by atoms with E-state index < -0.39 is 27.8 Å². The second-order valence-electron chi connectivity index (χ2n) is 8.06. The Morgan fingerprint density at radius 2 is 1.71 bits per heavy atom. The van der Waals surface area contributed by atoms with Gasteiger partial charge in [0.05, 0.1) is 17.5 Å². The fourth-order valence-electron chi connectivity index (χ4n) is 3.53. The molecule has 0 saturated heterocycles. The molecule has 2 rings (SSSR count). The molecule has 0 heterocycles. The standard InChI is InChI=1S/C24H30F3N3O4S/c1-4-28-23(32)18(2)29(17-19-10-6-5-7-11-19)22(31)14-9-15-30(35(3,33)34)21-13-8-12-20(16-21)24(25,26)27/h5-8,10-13,16,18H,4,9,14-15,17H2,1-3H3,(H,28,32). The lowest BCUT2D eigenvalue weighted by atomic mass is 10.1. The van der Waals surface area contributed by atoms with E-state index in [4.69, 9.17) is 0 Å². The zero-order valence-electron chi connectivity index (χ0n) is 19.9. The number of anilines is 1. The average molecular weight is 514 g/mol. The number of hydrogen-bond donors (Lipinski definition) is 1. The molecule has 35 heavy (non-hydrogen) atoms. The minimum absolute atomic E-state index is 0.0511. The monoisotopic (exact) mass is 513 g/mol. The molecule has 1 N–H and O–H groups in total. The first-order chi connectivity index (χ1) is 16.3. The van der Waals surface area contributed by atoms with Crippen LogP contribution in [0.2, 0.25) is 0 Å². The Morgan fingerprint density at radius 3 is 2.29 bits per heavy atom. The minimum atomic E-state index is -4.62. The van der Waals surface area contributed by atoms with Crippen LogP contribution < -0.4 is 9.62 Å². The van der Waals surface area contributed by atoms with E-state index in [2.05, 4.69) is 5.32 Å². The van der Waals surface area contributed by atoms with Gasteiger partial charge >= 0.3 is 6.18 Å². The van der Waals surface area contributed by atoms with E-state index in [9.17, 15) is 31.2 Å². The summed E-state index contributed by atoms with van der Waals surface area (Å²) >= 11 is 0. The summed E-state index contributed by atoms with van der Waals surface area (Å²) in [5.41, 5.74) is -0.283. The van der Waals surface area contributed by atoms with Crippen LogP contribution in [-0.4, -0.2) is 50.5 Å². The van der Waals surface area contributed by atoms with Crippen molar-refractivity contribution in [1.29, 1.82) is 0 Å². The largest absolute Gasteiger partial charge is 0.416 e. The number of halogens is 3. The van der Waals surface area contributed by atoms with Crippen molar-refractivity contribution >= 4 is 27.5 Å². The van der Waals surface area contributed by atoms with Gasteiger partial charge in [-0.1, -0.05) is 36.4 Å². The molecule has 2 aromatic carbocycles. The van der Waals surface area contributed by atoms with Gasteiger partial charge in [0.15, 0.2) is 0 Å². The Morgan fingerprint density at radius 1 is 1.06 bits per heavy atom. The van der Waals surface area contributed by atoms with Gasteiger partial charge in [-0.25, -0.2) is 8.42 Å². The number of alkyl halides is 3. The Hall–Kier alpha value is -3.08. The Labute approximate surface area is 204 Å². The molecule has 0 aliphatic rings. The molecule has 0 fully saturated rings. The third kappa shape index (κ3) is 8.27. The van der Waals surface area contributed by atoms with Crippen molar-refractivity contribution in [2.75, 3.05) is 23.7 Å². The van der Waals surface area contributed by atoms with Gasteiger partial charge in [0.2, 0.25) is 21.8 Å². The van der Waals surface area contributed by atoms with Crippen molar-refractivity contribution in [2.24, 2.45) is 0 Å². The number of amides is 2. The van der Waals surface area contributed by atoms with E-state index >= 15 is 0 Å². The quantitative estimate of drug-likeness (QED) is 0.495. The number of benzene rings is 2. The van der Waals surface area contributed by atoms with Crippen molar-refractivity contribution in [2.45, 2.75) is 45.5 Å². The van der Waals surface area contributed by atoms with Crippen LogP contribution in [0.25, 0.3) is 0 Å². The fourth-order valence-corrected chi connectivity index (χ4v) is 4.48. The first kappa shape index (κ1) is 28.2. The van der Waals surface area contributed by atoms with Crippen molar-refractivity contribution in [3.05, 3.63) is 65.7 Å². The summed E-state index contributed by atoms with van der Waals surface area (Å²) in [6.45, 7) is 3.76. The van der Waals surface area contributed by atoms with Crippen molar-refractivity contribution in [1.82, 2.24) is 10.2 Å². The highest BCUT2D eigenvalue weighted by Crippen LogP contribution is 2.32. The first-order valence-corrected chi connectivity index (χ1v) is 13.0. The summed E-state index contributed by atoms with van der Waals surface area (Å²) in [5.74, 6) is -0.691. The number of carbonyl (C=O) groups is 2. The van der Waals surface area contributed by atoms with Gasteiger partial charge in [0, 0.05) is 26.1 Å². The summed E-state index contributed by atoms with van der Waals surface area (Å²) in [6, 6.07) is 12.4.